The standard InChI is InChI=1S/C18H32N2O2/c21-17(19-13-7-3-8-14-19)11-5-1-2-6-12-18(22)20-15-9-4-10-16-20/h1-16H2. The molecule has 0 spiro atoms. The number of carbonyl (C=O) groups is 2. The molecule has 0 N–H and O–H groups in total. The summed E-state index contributed by atoms with van der Waals surface area (Å²) < 4.78 is 0. The van der Waals surface area contributed by atoms with Crippen molar-refractivity contribution >= 4 is 11.8 Å². The molecule has 0 bridgehead atoms. The number of piperidine rings is 2. The van der Waals surface area contributed by atoms with Gasteiger partial charge in [0.05, 0.1) is 0 Å². The largest absolute Gasteiger partial charge is 0.343 e. The van der Waals surface area contributed by atoms with Gasteiger partial charge in [0.2, 0.25) is 11.8 Å². The highest BCUT2D eigenvalue weighted by Crippen LogP contribution is 2.14. The summed E-state index contributed by atoms with van der Waals surface area (Å²) in [7, 11) is 0. The molecule has 0 atom stereocenters. The summed E-state index contributed by atoms with van der Waals surface area (Å²) in [6.07, 6.45) is 12.7. The normalized spacial score (nSPS) is 19.3. The van der Waals surface area contributed by atoms with Crippen LogP contribution in [0.1, 0.15) is 77.0 Å². The second-order valence-corrected chi connectivity index (χ2v) is 6.80. The predicted octanol–water partition coefficient (Wildman–Crippen LogP) is 3.35. The first-order valence-electron chi connectivity index (χ1n) is 9.33. The molecular formula is C18H32N2O2. The Kier molecular flexibility index (Phi) is 7.75. The third-order valence-corrected chi connectivity index (χ3v) is 4.95. The first kappa shape index (κ1) is 17.3. The van der Waals surface area contributed by atoms with Crippen LogP contribution in [0.25, 0.3) is 0 Å². The van der Waals surface area contributed by atoms with Crippen LogP contribution in [0.15, 0.2) is 0 Å². The van der Waals surface area contributed by atoms with Gasteiger partial charge in [0.15, 0.2) is 0 Å². The van der Waals surface area contributed by atoms with E-state index in [0.29, 0.717) is 24.7 Å². The van der Waals surface area contributed by atoms with Gasteiger partial charge in [-0.15, -0.1) is 0 Å². The third-order valence-electron chi connectivity index (χ3n) is 4.95. The molecule has 2 aliphatic heterocycles. The molecule has 0 saturated carbocycles. The number of nitrogens with zero attached hydrogens (tertiary/aromatic N) is 2. The van der Waals surface area contributed by atoms with Gasteiger partial charge in [0.25, 0.3) is 0 Å². The van der Waals surface area contributed by atoms with Gasteiger partial charge in [-0.25, -0.2) is 0 Å². The summed E-state index contributed by atoms with van der Waals surface area (Å²) in [5.41, 5.74) is 0. The van der Waals surface area contributed by atoms with Crippen LogP contribution in [-0.2, 0) is 9.59 Å². The number of rotatable bonds is 7. The van der Waals surface area contributed by atoms with E-state index in [4.69, 9.17) is 0 Å². The van der Waals surface area contributed by atoms with E-state index in [1.807, 2.05) is 9.80 Å². The molecule has 0 radical (unpaired) electrons. The average Bonchev–Trinajstić information content (AvgIpc) is 2.59. The lowest BCUT2D eigenvalue weighted by molar-refractivity contribution is -0.133. The van der Waals surface area contributed by atoms with Crippen LogP contribution in [0, 0.1) is 0 Å². The van der Waals surface area contributed by atoms with Crippen LogP contribution in [-0.4, -0.2) is 47.8 Å². The van der Waals surface area contributed by atoms with Crippen molar-refractivity contribution < 1.29 is 9.59 Å². The number of carbonyl (C=O) groups excluding carboxylic acids is 2. The molecule has 0 aromatic heterocycles. The Balaban J connectivity index is 1.46. The van der Waals surface area contributed by atoms with Crippen LogP contribution in [0.3, 0.4) is 0 Å². The van der Waals surface area contributed by atoms with Gasteiger partial charge in [-0.05, 0) is 51.4 Å². The van der Waals surface area contributed by atoms with Gasteiger partial charge in [0, 0.05) is 39.0 Å². The number of hydrogen-bond donors (Lipinski definition) is 0. The highest BCUT2D eigenvalue weighted by molar-refractivity contribution is 5.76. The summed E-state index contributed by atoms with van der Waals surface area (Å²) in [5.74, 6) is 0.674. The molecule has 0 aromatic rings. The maximum Gasteiger partial charge on any atom is 0.222 e. The summed E-state index contributed by atoms with van der Waals surface area (Å²) in [5, 5.41) is 0. The molecule has 2 rings (SSSR count). The fourth-order valence-corrected chi connectivity index (χ4v) is 3.51. The Morgan fingerprint density at radius 2 is 0.909 bits per heavy atom. The maximum absolute atomic E-state index is 12.0. The first-order chi connectivity index (χ1) is 10.8. The van der Waals surface area contributed by atoms with E-state index < -0.39 is 0 Å². The lowest BCUT2D eigenvalue weighted by atomic mass is 10.1. The number of hydrogen-bond acceptors (Lipinski definition) is 2. The zero-order chi connectivity index (χ0) is 15.6. The maximum atomic E-state index is 12.0. The van der Waals surface area contributed by atoms with Gasteiger partial charge in [-0.3, -0.25) is 9.59 Å². The molecule has 4 heteroatoms. The highest BCUT2D eigenvalue weighted by Gasteiger charge is 2.17. The molecule has 2 fully saturated rings. The van der Waals surface area contributed by atoms with Crippen molar-refractivity contribution in [1.29, 1.82) is 0 Å². The van der Waals surface area contributed by atoms with Gasteiger partial charge in [0.1, 0.15) is 0 Å². The molecule has 2 heterocycles. The highest BCUT2D eigenvalue weighted by atomic mass is 16.2. The zero-order valence-corrected chi connectivity index (χ0v) is 14.0. The Hall–Kier alpha value is -1.06. The minimum absolute atomic E-state index is 0.337. The number of likely N-dealkylation sites (tertiary alicyclic amines) is 2. The molecule has 2 saturated heterocycles. The third kappa shape index (κ3) is 5.98. The van der Waals surface area contributed by atoms with E-state index in [2.05, 4.69) is 0 Å². The van der Waals surface area contributed by atoms with E-state index in [0.717, 1.165) is 51.9 Å². The van der Waals surface area contributed by atoms with Gasteiger partial charge in [-0.1, -0.05) is 12.8 Å². The van der Waals surface area contributed by atoms with Crippen LogP contribution in [0.5, 0.6) is 0 Å². The first-order valence-corrected chi connectivity index (χ1v) is 9.33. The molecule has 0 unspecified atom stereocenters. The zero-order valence-electron chi connectivity index (χ0n) is 14.0. The Morgan fingerprint density at radius 3 is 1.27 bits per heavy atom. The smallest absolute Gasteiger partial charge is 0.222 e. The molecule has 126 valence electrons. The van der Waals surface area contributed by atoms with Crippen molar-refractivity contribution in [3.63, 3.8) is 0 Å². The minimum atomic E-state index is 0.337. The van der Waals surface area contributed by atoms with Crippen molar-refractivity contribution in [2.24, 2.45) is 0 Å². The van der Waals surface area contributed by atoms with Gasteiger partial charge < -0.3 is 9.80 Å². The Morgan fingerprint density at radius 1 is 0.545 bits per heavy atom. The van der Waals surface area contributed by atoms with E-state index >= 15 is 0 Å². The molecule has 22 heavy (non-hydrogen) atoms. The van der Waals surface area contributed by atoms with E-state index in [-0.39, 0.29) is 0 Å². The number of amides is 2. The summed E-state index contributed by atoms with van der Waals surface area (Å²) in [6.45, 7) is 3.85. The molecule has 0 aromatic carbocycles. The second-order valence-electron chi connectivity index (χ2n) is 6.80. The predicted molar refractivity (Wildman–Crippen MR) is 88.6 cm³/mol. The van der Waals surface area contributed by atoms with Crippen molar-refractivity contribution in [2.45, 2.75) is 77.0 Å². The second kappa shape index (κ2) is 9.86. The Bertz CT molecular complexity index is 311. The van der Waals surface area contributed by atoms with Crippen molar-refractivity contribution in [3.05, 3.63) is 0 Å². The Labute approximate surface area is 135 Å². The molecule has 2 amide bonds. The van der Waals surface area contributed by atoms with Crippen LogP contribution >= 0.6 is 0 Å². The van der Waals surface area contributed by atoms with E-state index in [9.17, 15) is 9.59 Å². The summed E-state index contributed by atoms with van der Waals surface area (Å²) >= 11 is 0. The monoisotopic (exact) mass is 308 g/mol. The number of unbranched alkanes of at least 4 members (excludes halogenated alkanes) is 3. The summed E-state index contributed by atoms with van der Waals surface area (Å²) in [6, 6.07) is 0. The minimum Gasteiger partial charge on any atom is -0.343 e. The summed E-state index contributed by atoms with van der Waals surface area (Å²) in [4.78, 5) is 28.1. The quantitative estimate of drug-likeness (QED) is 0.677. The fraction of sp³-hybridized carbons (Fsp3) is 0.889. The SMILES string of the molecule is O=C(CCCCCCC(=O)N1CCCCC1)N1CCCCC1. The fourth-order valence-electron chi connectivity index (χ4n) is 3.51. The van der Waals surface area contributed by atoms with Gasteiger partial charge >= 0.3 is 0 Å². The lowest BCUT2D eigenvalue weighted by Gasteiger charge is -2.27. The lowest BCUT2D eigenvalue weighted by Crippen LogP contribution is -2.35. The van der Waals surface area contributed by atoms with Crippen LogP contribution in [0.4, 0.5) is 0 Å². The topological polar surface area (TPSA) is 40.6 Å². The van der Waals surface area contributed by atoms with Crippen molar-refractivity contribution in [3.8, 4) is 0 Å². The average molecular weight is 308 g/mol. The van der Waals surface area contributed by atoms with Crippen LogP contribution < -0.4 is 0 Å². The van der Waals surface area contributed by atoms with Crippen molar-refractivity contribution in [1.82, 2.24) is 9.80 Å². The molecule has 2 aliphatic rings. The molecule has 0 aliphatic carbocycles. The van der Waals surface area contributed by atoms with E-state index in [1.165, 1.54) is 38.5 Å². The van der Waals surface area contributed by atoms with Crippen molar-refractivity contribution in [2.75, 3.05) is 26.2 Å². The van der Waals surface area contributed by atoms with Crippen LogP contribution in [0.2, 0.25) is 0 Å². The van der Waals surface area contributed by atoms with Gasteiger partial charge in [-0.2, -0.15) is 0 Å². The molecule has 4 nitrogen and oxygen atoms in total. The molecular weight excluding hydrogens is 276 g/mol. The van der Waals surface area contributed by atoms with E-state index in [1.54, 1.807) is 0 Å².